The lowest BCUT2D eigenvalue weighted by atomic mass is 10.2. The summed E-state index contributed by atoms with van der Waals surface area (Å²) >= 11 is 0. The Morgan fingerprint density at radius 1 is 1.35 bits per heavy atom. The number of anilines is 1. The highest BCUT2D eigenvalue weighted by atomic mass is 19.1. The van der Waals surface area contributed by atoms with Gasteiger partial charge in [0, 0.05) is 5.69 Å². The maximum Gasteiger partial charge on any atom is 0.241 e. The minimum Gasteiger partial charge on any atom is -0.468 e. The zero-order chi connectivity index (χ0) is 14.5. The van der Waals surface area contributed by atoms with Crippen LogP contribution in [0.1, 0.15) is 12.7 Å². The number of halogens is 1. The zero-order valence-electron chi connectivity index (χ0n) is 11.5. The van der Waals surface area contributed by atoms with E-state index in [4.69, 9.17) is 4.42 Å². The Balaban J connectivity index is 1.92. The molecule has 0 bridgehead atoms. The molecule has 1 aromatic heterocycles. The van der Waals surface area contributed by atoms with Crippen LogP contribution in [0.5, 0.6) is 0 Å². The number of hydrogen-bond acceptors (Lipinski definition) is 3. The lowest BCUT2D eigenvalue weighted by Crippen LogP contribution is -2.39. The predicted molar refractivity (Wildman–Crippen MR) is 74.7 cm³/mol. The van der Waals surface area contributed by atoms with Crippen molar-refractivity contribution in [1.82, 2.24) is 4.90 Å². The molecule has 0 aliphatic heterocycles. The van der Waals surface area contributed by atoms with Crippen LogP contribution in [-0.4, -0.2) is 23.9 Å². The Hall–Kier alpha value is -2.14. The minimum absolute atomic E-state index is 0.148. The Morgan fingerprint density at radius 2 is 2.05 bits per heavy atom. The van der Waals surface area contributed by atoms with Crippen LogP contribution in [0.3, 0.4) is 0 Å². The summed E-state index contributed by atoms with van der Waals surface area (Å²) in [5.74, 6) is 0.325. The molecule has 0 spiro atoms. The van der Waals surface area contributed by atoms with Crippen molar-refractivity contribution in [3.8, 4) is 0 Å². The smallest absolute Gasteiger partial charge is 0.241 e. The molecule has 0 aliphatic carbocycles. The average Bonchev–Trinajstić information content (AvgIpc) is 2.93. The number of hydrogen-bond donors (Lipinski definition) is 1. The van der Waals surface area contributed by atoms with Gasteiger partial charge in [-0.3, -0.25) is 9.69 Å². The van der Waals surface area contributed by atoms with Crippen molar-refractivity contribution < 1.29 is 13.6 Å². The van der Waals surface area contributed by atoms with E-state index >= 15 is 0 Å². The lowest BCUT2D eigenvalue weighted by molar-refractivity contribution is -0.120. The maximum absolute atomic E-state index is 12.8. The quantitative estimate of drug-likeness (QED) is 0.913. The first-order valence-corrected chi connectivity index (χ1v) is 6.35. The molecule has 0 aliphatic rings. The van der Waals surface area contributed by atoms with Gasteiger partial charge in [0.15, 0.2) is 0 Å². The highest BCUT2D eigenvalue weighted by Crippen LogP contribution is 2.11. The first kappa shape index (κ1) is 14.3. The number of nitrogens with zero attached hydrogens (tertiary/aromatic N) is 1. The summed E-state index contributed by atoms with van der Waals surface area (Å²) in [6, 6.07) is 9.04. The summed E-state index contributed by atoms with van der Waals surface area (Å²) in [5, 5.41) is 2.75. The van der Waals surface area contributed by atoms with Crippen LogP contribution < -0.4 is 5.32 Å². The number of carbonyl (C=O) groups is 1. The predicted octanol–water partition coefficient (Wildman–Crippen LogP) is 2.88. The fourth-order valence-electron chi connectivity index (χ4n) is 1.77. The Bertz CT molecular complexity index is 552. The molecular formula is C15H17FN2O2. The van der Waals surface area contributed by atoms with E-state index in [0.717, 1.165) is 5.76 Å². The van der Waals surface area contributed by atoms with E-state index < -0.39 is 0 Å². The average molecular weight is 276 g/mol. The lowest BCUT2D eigenvalue weighted by Gasteiger charge is -2.22. The molecule has 0 saturated heterocycles. The van der Waals surface area contributed by atoms with Gasteiger partial charge in [-0.05, 0) is 50.4 Å². The molecule has 1 N–H and O–H groups in total. The van der Waals surface area contributed by atoms with Crippen molar-refractivity contribution in [1.29, 1.82) is 0 Å². The molecule has 106 valence electrons. The summed E-state index contributed by atoms with van der Waals surface area (Å²) in [5.41, 5.74) is 0.578. The van der Waals surface area contributed by atoms with Crippen molar-refractivity contribution in [2.75, 3.05) is 12.4 Å². The number of furan rings is 1. The fraction of sp³-hybridized carbons (Fsp3) is 0.267. The van der Waals surface area contributed by atoms with Gasteiger partial charge in [-0.2, -0.15) is 0 Å². The van der Waals surface area contributed by atoms with E-state index in [-0.39, 0.29) is 17.8 Å². The third-order valence-electron chi connectivity index (χ3n) is 3.14. The molecular weight excluding hydrogens is 259 g/mol. The number of carbonyl (C=O) groups excluding carboxylic acids is 1. The van der Waals surface area contributed by atoms with Crippen molar-refractivity contribution in [2.45, 2.75) is 19.5 Å². The van der Waals surface area contributed by atoms with E-state index in [1.54, 1.807) is 6.26 Å². The van der Waals surface area contributed by atoms with Gasteiger partial charge in [0.1, 0.15) is 11.6 Å². The number of rotatable bonds is 5. The van der Waals surface area contributed by atoms with Crippen LogP contribution in [0, 0.1) is 5.82 Å². The number of amides is 1. The topological polar surface area (TPSA) is 45.5 Å². The normalized spacial score (nSPS) is 12.4. The van der Waals surface area contributed by atoms with Crippen molar-refractivity contribution in [3.05, 3.63) is 54.2 Å². The van der Waals surface area contributed by atoms with E-state index in [1.807, 2.05) is 31.0 Å². The number of likely N-dealkylation sites (N-methyl/N-ethyl adjacent to an activating group) is 1. The highest BCUT2D eigenvalue weighted by Gasteiger charge is 2.19. The molecule has 1 atom stereocenters. The summed E-state index contributed by atoms with van der Waals surface area (Å²) < 4.78 is 18.0. The van der Waals surface area contributed by atoms with Gasteiger partial charge in [0.05, 0.1) is 18.8 Å². The van der Waals surface area contributed by atoms with Crippen LogP contribution in [0.25, 0.3) is 0 Å². The van der Waals surface area contributed by atoms with Crippen LogP contribution >= 0.6 is 0 Å². The van der Waals surface area contributed by atoms with Crippen molar-refractivity contribution in [3.63, 3.8) is 0 Å². The molecule has 1 heterocycles. The molecule has 0 unspecified atom stereocenters. The van der Waals surface area contributed by atoms with Gasteiger partial charge < -0.3 is 9.73 Å². The first-order valence-electron chi connectivity index (χ1n) is 6.35. The van der Waals surface area contributed by atoms with Gasteiger partial charge in [-0.1, -0.05) is 0 Å². The fourth-order valence-corrected chi connectivity index (χ4v) is 1.77. The van der Waals surface area contributed by atoms with E-state index in [9.17, 15) is 9.18 Å². The van der Waals surface area contributed by atoms with Crippen molar-refractivity contribution >= 4 is 11.6 Å². The molecule has 2 aromatic rings. The number of nitrogens with one attached hydrogen (secondary N) is 1. The summed E-state index contributed by atoms with van der Waals surface area (Å²) in [6.45, 7) is 2.35. The second-order valence-corrected chi connectivity index (χ2v) is 4.67. The summed E-state index contributed by atoms with van der Waals surface area (Å²) in [6.07, 6.45) is 1.60. The summed E-state index contributed by atoms with van der Waals surface area (Å²) in [4.78, 5) is 14.0. The van der Waals surface area contributed by atoms with Crippen LogP contribution in [0.4, 0.5) is 10.1 Å². The van der Waals surface area contributed by atoms with Gasteiger partial charge in [0.2, 0.25) is 5.91 Å². The molecule has 2 rings (SSSR count). The molecule has 0 saturated carbocycles. The minimum atomic E-state index is -0.329. The standard InChI is InChI=1S/C15H17FN2O2/c1-11(18(2)10-14-4-3-9-20-14)15(19)17-13-7-5-12(16)6-8-13/h3-9,11H,10H2,1-2H3,(H,17,19)/t11-/m1/s1. The van der Waals surface area contributed by atoms with Gasteiger partial charge in [-0.25, -0.2) is 4.39 Å². The van der Waals surface area contributed by atoms with E-state index in [1.165, 1.54) is 24.3 Å². The molecule has 0 radical (unpaired) electrons. The zero-order valence-corrected chi connectivity index (χ0v) is 11.5. The number of benzene rings is 1. The van der Waals surface area contributed by atoms with Gasteiger partial charge in [-0.15, -0.1) is 0 Å². The van der Waals surface area contributed by atoms with Crippen LogP contribution in [0.2, 0.25) is 0 Å². The SMILES string of the molecule is C[C@H](C(=O)Nc1ccc(F)cc1)N(C)Cc1ccco1. The van der Waals surface area contributed by atoms with Gasteiger partial charge in [0.25, 0.3) is 0 Å². The second kappa shape index (κ2) is 6.34. The second-order valence-electron chi connectivity index (χ2n) is 4.67. The molecule has 5 heteroatoms. The van der Waals surface area contributed by atoms with Crippen LogP contribution in [-0.2, 0) is 11.3 Å². The van der Waals surface area contributed by atoms with Crippen LogP contribution in [0.15, 0.2) is 47.1 Å². The summed E-state index contributed by atoms with van der Waals surface area (Å²) in [7, 11) is 1.84. The molecule has 0 fully saturated rings. The Labute approximate surface area is 117 Å². The Kier molecular flexibility index (Phi) is 4.53. The van der Waals surface area contributed by atoms with Crippen molar-refractivity contribution in [2.24, 2.45) is 0 Å². The molecule has 20 heavy (non-hydrogen) atoms. The molecule has 4 nitrogen and oxygen atoms in total. The highest BCUT2D eigenvalue weighted by molar-refractivity contribution is 5.94. The maximum atomic E-state index is 12.8. The third kappa shape index (κ3) is 3.68. The monoisotopic (exact) mass is 276 g/mol. The van der Waals surface area contributed by atoms with E-state index in [2.05, 4.69) is 5.32 Å². The molecule has 1 amide bonds. The third-order valence-corrected chi connectivity index (χ3v) is 3.14. The van der Waals surface area contributed by atoms with Gasteiger partial charge >= 0.3 is 0 Å². The van der Waals surface area contributed by atoms with E-state index in [0.29, 0.717) is 12.2 Å². The molecule has 1 aromatic carbocycles. The largest absolute Gasteiger partial charge is 0.468 e. The first-order chi connectivity index (χ1) is 9.56. The Morgan fingerprint density at radius 3 is 2.65 bits per heavy atom.